The normalized spacial score (nSPS) is 9.08. The molecule has 0 spiro atoms. The van der Waals surface area contributed by atoms with Crippen molar-refractivity contribution in [3.8, 4) is 5.75 Å². The first-order valence-electron chi connectivity index (χ1n) is 3.67. The molecule has 0 fully saturated rings. The van der Waals surface area contributed by atoms with Gasteiger partial charge in [-0.2, -0.15) is 0 Å². The van der Waals surface area contributed by atoms with Crippen LogP contribution in [0.3, 0.4) is 0 Å². The van der Waals surface area contributed by atoms with Crippen LogP contribution in [0.4, 0.5) is 0 Å². The van der Waals surface area contributed by atoms with Gasteiger partial charge in [-0.1, -0.05) is 36.4 Å². The summed E-state index contributed by atoms with van der Waals surface area (Å²) in [6, 6.07) is 13.3. The summed E-state index contributed by atoms with van der Waals surface area (Å²) in [6.45, 7) is 0. The first kappa shape index (κ1) is 10.3. The predicted octanol–water partition coefficient (Wildman–Crippen LogP) is 3.19. The Bertz CT molecular complexity index is 398. The van der Waals surface area contributed by atoms with Crippen LogP contribution in [0.1, 0.15) is 0 Å². The molecule has 13 heavy (non-hydrogen) atoms. The second-order valence-corrected chi connectivity index (χ2v) is 2.50. The van der Waals surface area contributed by atoms with Crippen LogP contribution in [0.25, 0.3) is 10.8 Å². The molecule has 1 nitrogen and oxygen atoms in total. The van der Waals surface area contributed by atoms with Gasteiger partial charge in [-0.25, -0.2) is 0 Å². The molecule has 0 aliphatic rings. The molecule has 0 saturated heterocycles. The van der Waals surface area contributed by atoms with Gasteiger partial charge in [0, 0.05) is 5.39 Å². The van der Waals surface area contributed by atoms with Crippen molar-refractivity contribution in [1.82, 2.24) is 0 Å². The maximum atomic E-state index is 9.37. The third-order valence-electron chi connectivity index (χ3n) is 1.77. The SMILES string of the molecule is Oc1cccc2ccccc12.[S]=[Cu]. The molecule has 2 aromatic rings. The van der Waals surface area contributed by atoms with E-state index in [0.717, 1.165) is 10.8 Å². The van der Waals surface area contributed by atoms with Gasteiger partial charge in [-0.15, -0.1) is 0 Å². The summed E-state index contributed by atoms with van der Waals surface area (Å²) in [5, 5.41) is 11.4. The Labute approximate surface area is 89.1 Å². The van der Waals surface area contributed by atoms with Gasteiger partial charge in [0.15, 0.2) is 0 Å². The average Bonchev–Trinajstić information content (AvgIpc) is 2.22. The second kappa shape index (κ2) is 5.07. The molecule has 0 unspecified atom stereocenters. The molecule has 0 atom stereocenters. The van der Waals surface area contributed by atoms with E-state index in [0.29, 0.717) is 5.75 Å². The van der Waals surface area contributed by atoms with Gasteiger partial charge >= 0.3 is 24.9 Å². The summed E-state index contributed by atoms with van der Waals surface area (Å²) >= 11 is 3.77. The van der Waals surface area contributed by atoms with Crippen molar-refractivity contribution in [3.05, 3.63) is 42.5 Å². The van der Waals surface area contributed by atoms with Gasteiger partial charge in [-0.3, -0.25) is 0 Å². The predicted molar refractivity (Wildman–Crippen MR) is 53.2 cm³/mol. The van der Waals surface area contributed by atoms with Gasteiger partial charge in [0.05, 0.1) is 0 Å². The number of fused-ring (bicyclic) bond motifs is 1. The van der Waals surface area contributed by atoms with Gasteiger partial charge in [-0.05, 0) is 11.5 Å². The van der Waals surface area contributed by atoms with Crippen molar-refractivity contribution in [2.75, 3.05) is 0 Å². The molecular weight excluding hydrogens is 232 g/mol. The summed E-state index contributed by atoms with van der Waals surface area (Å²) in [7, 11) is 3.65. The fourth-order valence-corrected chi connectivity index (χ4v) is 1.21. The van der Waals surface area contributed by atoms with Crippen LogP contribution in [0.5, 0.6) is 5.75 Å². The minimum atomic E-state index is 0.350. The Balaban J connectivity index is 0.000000396. The molecule has 2 aromatic carbocycles. The van der Waals surface area contributed by atoms with Gasteiger partial charge in [0.25, 0.3) is 0 Å². The first-order valence-corrected chi connectivity index (χ1v) is 5.07. The van der Waals surface area contributed by atoms with Crippen molar-refractivity contribution in [3.63, 3.8) is 0 Å². The molecule has 71 valence electrons. The Hall–Kier alpha value is -0.761. The quantitative estimate of drug-likeness (QED) is 0.713. The fourth-order valence-electron chi connectivity index (χ4n) is 1.21. The Kier molecular flexibility index (Phi) is 4.03. The zero-order valence-electron chi connectivity index (χ0n) is 6.70. The summed E-state index contributed by atoms with van der Waals surface area (Å²) in [6.07, 6.45) is 0. The zero-order chi connectivity index (χ0) is 9.68. The van der Waals surface area contributed by atoms with E-state index in [4.69, 9.17) is 0 Å². The average molecular weight is 240 g/mol. The Morgan fingerprint density at radius 1 is 0.923 bits per heavy atom. The van der Waals surface area contributed by atoms with Crippen LogP contribution in [0, 0.1) is 0 Å². The molecule has 0 amide bonds. The van der Waals surface area contributed by atoms with Crippen LogP contribution in [0.2, 0.25) is 0 Å². The van der Waals surface area contributed by atoms with E-state index in [1.807, 2.05) is 36.4 Å². The van der Waals surface area contributed by atoms with Crippen molar-refractivity contribution >= 4 is 21.3 Å². The Morgan fingerprint density at radius 3 is 2.23 bits per heavy atom. The molecule has 0 radical (unpaired) electrons. The van der Waals surface area contributed by atoms with E-state index in [1.165, 1.54) is 0 Å². The summed E-state index contributed by atoms with van der Waals surface area (Å²) in [4.78, 5) is 0. The number of hydrogen-bond donors (Lipinski definition) is 1. The molecule has 0 aliphatic carbocycles. The van der Waals surface area contributed by atoms with Gasteiger partial charge in [0.2, 0.25) is 0 Å². The molecule has 2 rings (SSSR count). The second-order valence-electron chi connectivity index (χ2n) is 2.50. The summed E-state index contributed by atoms with van der Waals surface area (Å²) in [5.74, 6) is 0.350. The molecule has 0 aliphatic heterocycles. The zero-order valence-corrected chi connectivity index (χ0v) is 8.46. The molecule has 3 heteroatoms. The van der Waals surface area contributed by atoms with Crippen molar-refractivity contribution in [1.29, 1.82) is 0 Å². The number of phenolic OH excluding ortho intramolecular Hbond substituents is 1. The number of benzene rings is 2. The van der Waals surface area contributed by atoms with Crippen LogP contribution < -0.4 is 0 Å². The summed E-state index contributed by atoms with van der Waals surface area (Å²) in [5.41, 5.74) is 0. The number of aromatic hydroxyl groups is 1. The van der Waals surface area contributed by atoms with E-state index >= 15 is 0 Å². The molecular formula is C10H8CuOS. The first-order chi connectivity index (χ1) is 6.38. The van der Waals surface area contributed by atoms with Crippen molar-refractivity contribution in [2.24, 2.45) is 0 Å². The third kappa shape index (κ3) is 2.34. The molecule has 1 N–H and O–H groups in total. The van der Waals surface area contributed by atoms with Gasteiger partial charge < -0.3 is 5.11 Å². The van der Waals surface area contributed by atoms with Crippen molar-refractivity contribution in [2.45, 2.75) is 0 Å². The fraction of sp³-hybridized carbons (Fsp3) is 0. The Morgan fingerprint density at radius 2 is 1.54 bits per heavy atom. The maximum absolute atomic E-state index is 9.37. The van der Waals surface area contributed by atoms with E-state index in [2.05, 4.69) is 24.9 Å². The van der Waals surface area contributed by atoms with E-state index in [1.54, 1.807) is 6.07 Å². The number of hydrogen-bond acceptors (Lipinski definition) is 2. The van der Waals surface area contributed by atoms with E-state index in [-0.39, 0.29) is 0 Å². The van der Waals surface area contributed by atoms with Gasteiger partial charge in [0.1, 0.15) is 5.75 Å². The van der Waals surface area contributed by atoms with E-state index in [9.17, 15) is 5.11 Å². The van der Waals surface area contributed by atoms with Crippen LogP contribution in [-0.2, 0) is 14.4 Å². The topological polar surface area (TPSA) is 20.2 Å². The van der Waals surface area contributed by atoms with Crippen LogP contribution >= 0.6 is 10.6 Å². The third-order valence-corrected chi connectivity index (χ3v) is 1.77. The number of phenols is 1. The molecule has 0 bridgehead atoms. The van der Waals surface area contributed by atoms with Crippen LogP contribution in [-0.4, -0.2) is 5.11 Å². The minimum absolute atomic E-state index is 0.350. The molecule has 0 heterocycles. The summed E-state index contributed by atoms with van der Waals surface area (Å²) < 4.78 is 0. The van der Waals surface area contributed by atoms with Crippen molar-refractivity contribution < 1.29 is 19.5 Å². The molecule has 0 aromatic heterocycles. The number of rotatable bonds is 0. The van der Waals surface area contributed by atoms with Crippen LogP contribution in [0.15, 0.2) is 42.5 Å². The molecule has 0 saturated carbocycles. The monoisotopic (exact) mass is 239 g/mol. The van der Waals surface area contributed by atoms with E-state index < -0.39 is 0 Å². The standard InChI is InChI=1S/C10H8O.Cu.S/c11-10-7-3-5-8-4-1-2-6-9(8)10;;/h1-7,11H;;.